The highest BCUT2D eigenvalue weighted by molar-refractivity contribution is 7.33. The minimum absolute atomic E-state index is 1.08. The van der Waals surface area contributed by atoms with Gasteiger partial charge in [-0.2, -0.15) is 0 Å². The van der Waals surface area contributed by atoms with Crippen molar-refractivity contribution in [3.63, 3.8) is 0 Å². The molecule has 0 radical (unpaired) electrons. The van der Waals surface area contributed by atoms with E-state index >= 15 is 0 Å². The van der Waals surface area contributed by atoms with Gasteiger partial charge in [0.05, 0.1) is 0 Å². The Balaban J connectivity index is 2.83. The van der Waals surface area contributed by atoms with Crippen LogP contribution in [0.25, 0.3) is 0 Å². The van der Waals surface area contributed by atoms with Crippen LogP contribution >= 0.6 is 8.35 Å². The predicted molar refractivity (Wildman–Crippen MR) is 27.7 cm³/mol. The lowest BCUT2D eigenvalue weighted by molar-refractivity contribution is 0.701. The van der Waals surface area contributed by atoms with Crippen molar-refractivity contribution in [2.24, 2.45) is 0 Å². The molecule has 0 heterocycles. The van der Waals surface area contributed by atoms with E-state index < -0.39 is 0 Å². The molecule has 0 aliphatic carbocycles. The summed E-state index contributed by atoms with van der Waals surface area (Å²) in [6.45, 7) is 0. The van der Waals surface area contributed by atoms with E-state index in [2.05, 4.69) is 6.30 Å². The van der Waals surface area contributed by atoms with Crippen LogP contribution in [0.2, 0.25) is 0 Å². The molecule has 0 amide bonds. The number of hydrogen-bond donors (Lipinski definition) is 0. The molecule has 0 spiro atoms. The monoisotopic (exact) mass is 89.0 g/mol. The smallest absolute Gasteiger partial charge is 0.00516 e. The maximum Gasteiger partial charge on any atom is -0.00516 e. The molecule has 0 fully saturated rings. The molecule has 0 bridgehead atoms. The van der Waals surface area contributed by atoms with E-state index in [1.54, 1.807) is 0 Å². The summed E-state index contributed by atoms with van der Waals surface area (Å²) < 4.78 is 1.99. The van der Waals surface area contributed by atoms with Gasteiger partial charge in [-0.25, -0.2) is 0 Å². The maximum absolute atomic E-state index is 3.58. The van der Waals surface area contributed by atoms with Gasteiger partial charge in [-0.3, -0.25) is 4.67 Å². The standard InChI is InChI=1S/C3H8NP/c1-4(2)5-3/h3H2,1-2H3. The summed E-state index contributed by atoms with van der Waals surface area (Å²) in [4.78, 5) is 0. The van der Waals surface area contributed by atoms with Crippen molar-refractivity contribution in [2.75, 3.05) is 14.1 Å². The lowest BCUT2D eigenvalue weighted by Gasteiger charge is -1.92. The summed E-state index contributed by atoms with van der Waals surface area (Å²) in [5.74, 6) is 0. The van der Waals surface area contributed by atoms with E-state index in [1.165, 1.54) is 0 Å². The van der Waals surface area contributed by atoms with Gasteiger partial charge in [0.1, 0.15) is 0 Å². The van der Waals surface area contributed by atoms with Gasteiger partial charge in [0.15, 0.2) is 0 Å². The first-order valence-corrected chi connectivity index (χ1v) is 2.44. The summed E-state index contributed by atoms with van der Waals surface area (Å²) in [7, 11) is 5.04. The second kappa shape index (κ2) is 2.37. The second-order valence-corrected chi connectivity index (χ2v) is 2.07. The van der Waals surface area contributed by atoms with Crippen molar-refractivity contribution < 1.29 is 0 Å². The molecule has 0 rings (SSSR count). The third-order valence-corrected chi connectivity index (χ3v) is 0.849. The summed E-state index contributed by atoms with van der Waals surface area (Å²) in [6, 6.07) is 0. The van der Waals surface area contributed by atoms with Gasteiger partial charge in [-0.15, -0.1) is 0 Å². The summed E-state index contributed by atoms with van der Waals surface area (Å²) in [6.07, 6.45) is 3.58. The van der Waals surface area contributed by atoms with Crippen LogP contribution in [0.5, 0.6) is 0 Å². The topological polar surface area (TPSA) is 3.24 Å². The normalized spacial score (nSPS) is 10.2. The quantitative estimate of drug-likeness (QED) is 0.430. The van der Waals surface area contributed by atoms with E-state index in [-0.39, 0.29) is 0 Å². The molecule has 0 atom stereocenters. The first kappa shape index (κ1) is 5.13. The summed E-state index contributed by atoms with van der Waals surface area (Å²) in [5.41, 5.74) is 0. The predicted octanol–water partition coefficient (Wildman–Crippen LogP) is 0.841. The number of hydrogen-bond acceptors (Lipinski definition) is 1. The van der Waals surface area contributed by atoms with E-state index in [1.807, 2.05) is 18.8 Å². The molecular weight excluding hydrogens is 81.0 g/mol. The molecule has 0 aromatic heterocycles. The van der Waals surface area contributed by atoms with Crippen LogP contribution in [0.3, 0.4) is 0 Å². The Labute approximate surface area is 34.5 Å². The molecule has 0 aromatic rings. The third kappa shape index (κ3) is 4.13. The maximum atomic E-state index is 3.58. The van der Waals surface area contributed by atoms with E-state index in [9.17, 15) is 0 Å². The third-order valence-electron chi connectivity index (χ3n) is 0.283. The minimum Gasteiger partial charge on any atom is -0.264 e. The fourth-order valence-corrected chi connectivity index (χ4v) is 0. The zero-order chi connectivity index (χ0) is 4.28. The SMILES string of the molecule is C=PN(C)C. The zero-order valence-electron chi connectivity index (χ0n) is 3.60. The Hall–Kier alpha value is 0.130. The van der Waals surface area contributed by atoms with Gasteiger partial charge in [0.25, 0.3) is 0 Å². The van der Waals surface area contributed by atoms with Crippen LogP contribution in [0.15, 0.2) is 0 Å². The average Bonchev–Trinajstić information content (AvgIpc) is 1.38. The Morgan fingerprint density at radius 1 is 1.60 bits per heavy atom. The average molecular weight is 89.1 g/mol. The highest BCUT2D eigenvalue weighted by Gasteiger charge is 1.66. The molecule has 30 valence electrons. The molecule has 5 heavy (non-hydrogen) atoms. The Bertz CT molecular complexity index is 33.9. The second-order valence-electron chi connectivity index (χ2n) is 0.989. The molecule has 0 aliphatic heterocycles. The fourth-order valence-electron chi connectivity index (χ4n) is 0. The Morgan fingerprint density at radius 2 is 1.80 bits per heavy atom. The fraction of sp³-hybridized carbons (Fsp3) is 0.667. The minimum atomic E-state index is 1.08. The summed E-state index contributed by atoms with van der Waals surface area (Å²) >= 11 is 0. The largest absolute Gasteiger partial charge is 0.264 e. The van der Waals surface area contributed by atoms with Crippen molar-refractivity contribution in [3.8, 4) is 0 Å². The molecule has 0 aliphatic rings. The van der Waals surface area contributed by atoms with Crippen LogP contribution in [0, 0.1) is 0 Å². The van der Waals surface area contributed by atoms with Crippen molar-refractivity contribution in [2.45, 2.75) is 0 Å². The zero-order valence-corrected chi connectivity index (χ0v) is 4.50. The Kier molecular flexibility index (Phi) is 2.43. The van der Waals surface area contributed by atoms with Crippen molar-refractivity contribution in [1.29, 1.82) is 0 Å². The molecule has 0 saturated carbocycles. The van der Waals surface area contributed by atoms with Crippen LogP contribution in [0.4, 0.5) is 0 Å². The van der Waals surface area contributed by atoms with Gasteiger partial charge >= 0.3 is 0 Å². The highest BCUT2D eigenvalue weighted by atomic mass is 31.1. The molecule has 1 nitrogen and oxygen atoms in total. The van der Waals surface area contributed by atoms with E-state index in [0.717, 1.165) is 8.35 Å². The van der Waals surface area contributed by atoms with Gasteiger partial charge in [0.2, 0.25) is 0 Å². The van der Waals surface area contributed by atoms with Gasteiger partial charge in [0, 0.05) is 0 Å². The summed E-state index contributed by atoms with van der Waals surface area (Å²) in [5, 5.41) is 0. The van der Waals surface area contributed by atoms with Crippen molar-refractivity contribution >= 4 is 14.7 Å². The molecule has 0 saturated heterocycles. The lowest BCUT2D eigenvalue weighted by atomic mass is 11.3. The van der Waals surface area contributed by atoms with Crippen LogP contribution in [0.1, 0.15) is 0 Å². The van der Waals surface area contributed by atoms with Gasteiger partial charge < -0.3 is 0 Å². The van der Waals surface area contributed by atoms with Crippen molar-refractivity contribution in [1.82, 2.24) is 4.67 Å². The van der Waals surface area contributed by atoms with Crippen LogP contribution < -0.4 is 0 Å². The van der Waals surface area contributed by atoms with Gasteiger partial charge in [-0.1, -0.05) is 6.30 Å². The lowest BCUT2D eigenvalue weighted by Crippen LogP contribution is -1.90. The van der Waals surface area contributed by atoms with Crippen LogP contribution in [-0.4, -0.2) is 25.1 Å². The molecule has 2 heteroatoms. The molecule has 0 aromatic carbocycles. The van der Waals surface area contributed by atoms with Gasteiger partial charge in [-0.05, 0) is 22.5 Å². The van der Waals surface area contributed by atoms with E-state index in [0.29, 0.717) is 0 Å². The molecule has 0 N–H and O–H groups in total. The van der Waals surface area contributed by atoms with Crippen molar-refractivity contribution in [3.05, 3.63) is 0 Å². The number of rotatable bonds is 1. The molecule has 0 unspecified atom stereocenters. The van der Waals surface area contributed by atoms with Crippen LogP contribution in [-0.2, 0) is 0 Å². The Morgan fingerprint density at radius 3 is 1.80 bits per heavy atom. The number of nitrogens with zero attached hydrogens (tertiary/aromatic N) is 1. The highest BCUT2D eigenvalue weighted by Crippen LogP contribution is 1.89. The first-order valence-electron chi connectivity index (χ1n) is 1.41. The van der Waals surface area contributed by atoms with E-state index in [4.69, 9.17) is 0 Å². The molecular formula is C3H8NP. The first-order chi connectivity index (χ1) is 2.27.